The highest BCUT2D eigenvalue weighted by Crippen LogP contribution is 2.27. The Morgan fingerprint density at radius 3 is 2.68 bits per heavy atom. The largest absolute Gasteiger partial charge is 0.340 e. The van der Waals surface area contributed by atoms with Gasteiger partial charge in [-0.05, 0) is 79.1 Å². The molecule has 1 heterocycles. The number of pyridine rings is 1. The lowest BCUT2D eigenvalue weighted by Crippen LogP contribution is -2.27. The quantitative estimate of drug-likeness (QED) is 0.657. The van der Waals surface area contributed by atoms with Crippen molar-refractivity contribution in [2.45, 2.75) is 52.5 Å². The van der Waals surface area contributed by atoms with Crippen LogP contribution in [0, 0.1) is 12.8 Å². The standard InChI is InChI=1S/C21H28ClN3/c1-14(2)19-10-21(25-20-8-7-18(22)9-15(20)3)24-13-17(19)12-23-11-16-5-4-6-16/h7-10,13-14,16,23H,4-6,11-12H2,1-3H3,(H,24,25). The van der Waals surface area contributed by atoms with Gasteiger partial charge in [-0.2, -0.15) is 0 Å². The molecule has 2 N–H and O–H groups in total. The van der Waals surface area contributed by atoms with E-state index in [1.807, 2.05) is 24.4 Å². The molecule has 0 saturated heterocycles. The lowest BCUT2D eigenvalue weighted by Gasteiger charge is -2.26. The van der Waals surface area contributed by atoms with Crippen molar-refractivity contribution in [2.24, 2.45) is 5.92 Å². The van der Waals surface area contributed by atoms with E-state index >= 15 is 0 Å². The average molecular weight is 358 g/mol. The van der Waals surface area contributed by atoms with Crippen LogP contribution in [-0.4, -0.2) is 11.5 Å². The summed E-state index contributed by atoms with van der Waals surface area (Å²) in [5.41, 5.74) is 4.81. The molecule has 1 aromatic heterocycles. The minimum Gasteiger partial charge on any atom is -0.340 e. The number of halogens is 1. The van der Waals surface area contributed by atoms with Crippen molar-refractivity contribution in [3.63, 3.8) is 0 Å². The molecule has 3 nitrogen and oxygen atoms in total. The summed E-state index contributed by atoms with van der Waals surface area (Å²) in [6.45, 7) is 8.55. The fourth-order valence-electron chi connectivity index (χ4n) is 3.27. The first-order chi connectivity index (χ1) is 12.0. The van der Waals surface area contributed by atoms with Crippen molar-refractivity contribution in [3.8, 4) is 0 Å². The second-order valence-corrected chi connectivity index (χ2v) is 7.87. The van der Waals surface area contributed by atoms with Gasteiger partial charge in [-0.15, -0.1) is 0 Å². The van der Waals surface area contributed by atoms with Gasteiger partial charge in [0.05, 0.1) is 0 Å². The SMILES string of the molecule is Cc1cc(Cl)ccc1Nc1cc(C(C)C)c(CNCC2CCC2)cn1. The molecule has 1 fully saturated rings. The van der Waals surface area contributed by atoms with E-state index in [9.17, 15) is 0 Å². The maximum atomic E-state index is 6.04. The Bertz CT molecular complexity index is 723. The molecular formula is C21H28ClN3. The highest BCUT2D eigenvalue weighted by molar-refractivity contribution is 6.30. The summed E-state index contributed by atoms with van der Waals surface area (Å²) >= 11 is 6.04. The fourth-order valence-corrected chi connectivity index (χ4v) is 3.49. The molecule has 134 valence electrons. The lowest BCUT2D eigenvalue weighted by atomic mass is 9.85. The van der Waals surface area contributed by atoms with Crippen LogP contribution in [0.4, 0.5) is 11.5 Å². The Balaban J connectivity index is 1.71. The Morgan fingerprint density at radius 1 is 1.24 bits per heavy atom. The molecule has 1 aliphatic carbocycles. The van der Waals surface area contributed by atoms with Crippen molar-refractivity contribution in [2.75, 3.05) is 11.9 Å². The van der Waals surface area contributed by atoms with Gasteiger partial charge >= 0.3 is 0 Å². The number of aryl methyl sites for hydroxylation is 1. The summed E-state index contributed by atoms with van der Waals surface area (Å²) < 4.78 is 0. The lowest BCUT2D eigenvalue weighted by molar-refractivity contribution is 0.301. The third kappa shape index (κ3) is 4.74. The third-order valence-electron chi connectivity index (χ3n) is 5.07. The van der Waals surface area contributed by atoms with Gasteiger partial charge in [0.25, 0.3) is 0 Å². The topological polar surface area (TPSA) is 37.0 Å². The van der Waals surface area contributed by atoms with Crippen LogP contribution in [0.5, 0.6) is 0 Å². The minimum atomic E-state index is 0.468. The van der Waals surface area contributed by atoms with Crippen LogP contribution in [0.3, 0.4) is 0 Å². The monoisotopic (exact) mass is 357 g/mol. The van der Waals surface area contributed by atoms with Gasteiger partial charge in [-0.3, -0.25) is 0 Å². The first kappa shape index (κ1) is 18.2. The van der Waals surface area contributed by atoms with E-state index in [4.69, 9.17) is 11.6 Å². The molecule has 0 spiro atoms. The van der Waals surface area contributed by atoms with Crippen LogP contribution < -0.4 is 10.6 Å². The molecule has 0 aliphatic heterocycles. The molecule has 0 unspecified atom stereocenters. The Hall–Kier alpha value is -1.58. The predicted octanol–water partition coefficient (Wildman–Crippen LogP) is 5.80. The molecule has 2 aromatic rings. The van der Waals surface area contributed by atoms with Crippen molar-refractivity contribution in [1.82, 2.24) is 10.3 Å². The summed E-state index contributed by atoms with van der Waals surface area (Å²) in [6.07, 6.45) is 6.17. The molecule has 1 aromatic carbocycles. The van der Waals surface area contributed by atoms with Gasteiger partial charge in [0, 0.05) is 23.5 Å². The number of benzene rings is 1. The molecule has 4 heteroatoms. The number of nitrogens with zero attached hydrogens (tertiary/aromatic N) is 1. The van der Waals surface area contributed by atoms with Gasteiger partial charge in [-0.1, -0.05) is 31.9 Å². The Morgan fingerprint density at radius 2 is 2.04 bits per heavy atom. The molecule has 0 atom stereocenters. The number of rotatable bonds is 7. The maximum absolute atomic E-state index is 6.04. The molecule has 25 heavy (non-hydrogen) atoms. The van der Waals surface area contributed by atoms with E-state index in [2.05, 4.69) is 42.5 Å². The van der Waals surface area contributed by atoms with Gasteiger partial charge in [0.15, 0.2) is 0 Å². The highest BCUT2D eigenvalue weighted by Gasteiger charge is 2.17. The van der Waals surface area contributed by atoms with Crippen LogP contribution in [-0.2, 0) is 6.54 Å². The number of anilines is 2. The van der Waals surface area contributed by atoms with Crippen LogP contribution in [0.15, 0.2) is 30.5 Å². The summed E-state index contributed by atoms with van der Waals surface area (Å²) in [6, 6.07) is 8.05. The zero-order valence-corrected chi connectivity index (χ0v) is 16.2. The van der Waals surface area contributed by atoms with Crippen LogP contribution in [0.25, 0.3) is 0 Å². The normalized spacial score (nSPS) is 14.6. The first-order valence-electron chi connectivity index (χ1n) is 9.25. The summed E-state index contributed by atoms with van der Waals surface area (Å²) in [4.78, 5) is 4.63. The fraction of sp³-hybridized carbons (Fsp3) is 0.476. The number of aromatic nitrogens is 1. The van der Waals surface area contributed by atoms with Crippen molar-refractivity contribution in [3.05, 3.63) is 52.2 Å². The van der Waals surface area contributed by atoms with Crippen molar-refractivity contribution in [1.29, 1.82) is 0 Å². The van der Waals surface area contributed by atoms with E-state index in [0.29, 0.717) is 5.92 Å². The van der Waals surface area contributed by atoms with Crippen LogP contribution >= 0.6 is 11.6 Å². The van der Waals surface area contributed by atoms with Crippen LogP contribution in [0.2, 0.25) is 5.02 Å². The second kappa shape index (κ2) is 8.20. The smallest absolute Gasteiger partial charge is 0.130 e. The Kier molecular flexibility index (Phi) is 5.98. The summed E-state index contributed by atoms with van der Waals surface area (Å²) in [7, 11) is 0. The van der Waals surface area contributed by atoms with E-state index in [1.54, 1.807) is 0 Å². The average Bonchev–Trinajstić information content (AvgIpc) is 2.53. The number of nitrogens with one attached hydrogen (secondary N) is 2. The zero-order valence-electron chi connectivity index (χ0n) is 15.4. The molecule has 3 rings (SSSR count). The van der Waals surface area contributed by atoms with Crippen LogP contribution in [0.1, 0.15) is 55.7 Å². The van der Waals surface area contributed by atoms with Gasteiger partial charge in [0.2, 0.25) is 0 Å². The molecule has 0 bridgehead atoms. The molecule has 1 saturated carbocycles. The van der Waals surface area contributed by atoms with Gasteiger partial charge < -0.3 is 10.6 Å². The second-order valence-electron chi connectivity index (χ2n) is 7.44. The minimum absolute atomic E-state index is 0.468. The summed E-state index contributed by atoms with van der Waals surface area (Å²) in [5.74, 6) is 2.23. The van der Waals surface area contributed by atoms with Gasteiger partial charge in [0.1, 0.15) is 5.82 Å². The molecular weight excluding hydrogens is 330 g/mol. The number of hydrogen-bond donors (Lipinski definition) is 2. The third-order valence-corrected chi connectivity index (χ3v) is 5.30. The van der Waals surface area contributed by atoms with Crippen molar-refractivity contribution >= 4 is 23.1 Å². The molecule has 1 aliphatic rings. The predicted molar refractivity (Wildman–Crippen MR) is 107 cm³/mol. The van der Waals surface area contributed by atoms with E-state index < -0.39 is 0 Å². The number of hydrogen-bond acceptors (Lipinski definition) is 3. The van der Waals surface area contributed by atoms with Crippen molar-refractivity contribution < 1.29 is 0 Å². The van der Waals surface area contributed by atoms with E-state index in [0.717, 1.165) is 41.1 Å². The summed E-state index contributed by atoms with van der Waals surface area (Å²) in [5, 5.41) is 7.79. The Labute approximate surface area is 156 Å². The highest BCUT2D eigenvalue weighted by atomic mass is 35.5. The maximum Gasteiger partial charge on any atom is 0.130 e. The molecule has 0 radical (unpaired) electrons. The van der Waals surface area contributed by atoms with Gasteiger partial charge in [-0.25, -0.2) is 4.98 Å². The first-order valence-corrected chi connectivity index (χ1v) is 9.63. The van der Waals surface area contributed by atoms with E-state index in [1.165, 1.54) is 30.4 Å². The zero-order chi connectivity index (χ0) is 17.8. The van der Waals surface area contributed by atoms with E-state index in [-0.39, 0.29) is 0 Å². The molecule has 0 amide bonds.